The van der Waals surface area contributed by atoms with Crippen LogP contribution in [-0.4, -0.2) is 0 Å². The normalized spacial score (nSPS) is 8.64. The Morgan fingerprint density at radius 1 is 1.55 bits per heavy atom. The molecule has 0 atom stereocenters. The quantitative estimate of drug-likeness (QED) is 0.483. The molecule has 4 heteroatoms. The van der Waals surface area contributed by atoms with Crippen molar-refractivity contribution in [3.63, 3.8) is 0 Å². The predicted octanol–water partition coefficient (Wildman–Crippen LogP) is 1.54. The van der Waals surface area contributed by atoms with Crippen LogP contribution in [0.2, 0.25) is 0 Å². The van der Waals surface area contributed by atoms with Crippen LogP contribution in [0.3, 0.4) is 0 Å². The number of hydrogen-bond donors (Lipinski definition) is 1. The zero-order chi connectivity index (χ0) is 8.27. The zero-order valence-electron chi connectivity index (χ0n) is 5.61. The number of rotatable bonds is 1. The van der Waals surface area contributed by atoms with Crippen LogP contribution in [0.1, 0.15) is 5.56 Å². The van der Waals surface area contributed by atoms with E-state index in [2.05, 4.69) is 5.18 Å². The van der Waals surface area contributed by atoms with Gasteiger partial charge in [0.15, 0.2) is 0 Å². The molecule has 0 fully saturated rings. The van der Waals surface area contributed by atoms with Crippen LogP contribution in [0, 0.1) is 16.2 Å². The molecule has 1 aromatic rings. The lowest BCUT2D eigenvalue weighted by Crippen LogP contribution is -1.85. The highest BCUT2D eigenvalue weighted by atomic mass is 16.3. The summed E-state index contributed by atoms with van der Waals surface area (Å²) in [4.78, 5) is 10.1. The van der Waals surface area contributed by atoms with Gasteiger partial charge in [-0.2, -0.15) is 5.26 Å². The van der Waals surface area contributed by atoms with E-state index >= 15 is 0 Å². The van der Waals surface area contributed by atoms with E-state index in [0.29, 0.717) is 5.69 Å². The van der Waals surface area contributed by atoms with Crippen molar-refractivity contribution in [2.45, 2.75) is 0 Å². The Balaban J connectivity index is 3.30. The van der Waals surface area contributed by atoms with Crippen molar-refractivity contribution >= 4 is 11.4 Å². The van der Waals surface area contributed by atoms with Crippen LogP contribution >= 0.6 is 0 Å². The minimum absolute atomic E-state index is 0.127. The molecule has 0 bridgehead atoms. The molecule has 0 amide bonds. The fraction of sp³-hybridized carbons (Fsp3) is 0. The third kappa shape index (κ3) is 1.33. The number of anilines is 1. The highest BCUT2D eigenvalue weighted by molar-refractivity contribution is 5.59. The van der Waals surface area contributed by atoms with Crippen molar-refractivity contribution in [1.29, 1.82) is 5.26 Å². The Kier molecular flexibility index (Phi) is 1.83. The maximum absolute atomic E-state index is 10.1. The first-order valence-corrected chi connectivity index (χ1v) is 2.91. The third-order valence-electron chi connectivity index (χ3n) is 1.24. The number of nitrogens with two attached hydrogens (primary N) is 1. The summed E-state index contributed by atoms with van der Waals surface area (Å²) in [6.45, 7) is 0. The Bertz CT molecular complexity index is 327. The highest BCUT2D eigenvalue weighted by Gasteiger charge is 2.00. The summed E-state index contributed by atoms with van der Waals surface area (Å²) in [5, 5.41) is 11.1. The Morgan fingerprint density at radius 2 is 2.27 bits per heavy atom. The summed E-state index contributed by atoms with van der Waals surface area (Å²) in [7, 11) is 0. The first-order valence-electron chi connectivity index (χ1n) is 2.91. The molecule has 54 valence electrons. The second kappa shape index (κ2) is 2.80. The summed E-state index contributed by atoms with van der Waals surface area (Å²) < 4.78 is 0. The van der Waals surface area contributed by atoms with E-state index in [1.807, 2.05) is 6.07 Å². The molecule has 0 saturated heterocycles. The van der Waals surface area contributed by atoms with E-state index < -0.39 is 0 Å². The summed E-state index contributed by atoms with van der Waals surface area (Å²) in [5.41, 5.74) is 6.15. The van der Waals surface area contributed by atoms with Crippen molar-refractivity contribution < 1.29 is 0 Å². The Morgan fingerprint density at radius 3 is 2.82 bits per heavy atom. The van der Waals surface area contributed by atoms with Gasteiger partial charge in [-0.1, -0.05) is 0 Å². The van der Waals surface area contributed by atoms with Gasteiger partial charge in [0, 0.05) is 5.69 Å². The SMILES string of the molecule is N#Cc1cc(N)ccc1N=O. The van der Waals surface area contributed by atoms with E-state index in [0.717, 1.165) is 0 Å². The summed E-state index contributed by atoms with van der Waals surface area (Å²) >= 11 is 0. The molecule has 0 heterocycles. The van der Waals surface area contributed by atoms with E-state index in [9.17, 15) is 4.91 Å². The van der Waals surface area contributed by atoms with Gasteiger partial charge in [-0.05, 0) is 23.4 Å². The van der Waals surface area contributed by atoms with Crippen LogP contribution in [0.5, 0.6) is 0 Å². The molecule has 1 rings (SSSR count). The van der Waals surface area contributed by atoms with Gasteiger partial charge < -0.3 is 5.73 Å². The van der Waals surface area contributed by atoms with E-state index in [1.165, 1.54) is 18.2 Å². The second-order valence-electron chi connectivity index (χ2n) is 1.98. The maximum Gasteiger partial charge on any atom is 0.125 e. The van der Waals surface area contributed by atoms with Crippen molar-refractivity contribution in [3.05, 3.63) is 28.7 Å². The Labute approximate surface area is 63.2 Å². The number of benzene rings is 1. The average Bonchev–Trinajstić information content (AvgIpc) is 2.04. The van der Waals surface area contributed by atoms with Gasteiger partial charge in [0.2, 0.25) is 0 Å². The fourth-order valence-corrected chi connectivity index (χ4v) is 0.723. The molecule has 0 aliphatic heterocycles. The molecule has 0 aliphatic rings. The molecule has 1 aromatic carbocycles. The van der Waals surface area contributed by atoms with Gasteiger partial charge in [0.05, 0.1) is 5.56 Å². The smallest absolute Gasteiger partial charge is 0.125 e. The molecule has 0 aliphatic carbocycles. The molecule has 0 unspecified atom stereocenters. The van der Waals surface area contributed by atoms with E-state index in [1.54, 1.807) is 0 Å². The number of nitrogen functional groups attached to an aromatic ring is 1. The van der Waals surface area contributed by atoms with Crippen LogP contribution in [0.25, 0.3) is 0 Å². The van der Waals surface area contributed by atoms with Crippen molar-refractivity contribution in [2.75, 3.05) is 5.73 Å². The van der Waals surface area contributed by atoms with E-state index in [4.69, 9.17) is 11.0 Å². The van der Waals surface area contributed by atoms with Gasteiger partial charge in [-0.3, -0.25) is 0 Å². The average molecular weight is 147 g/mol. The molecule has 0 saturated carbocycles. The van der Waals surface area contributed by atoms with Gasteiger partial charge in [-0.15, -0.1) is 4.91 Å². The number of nitriles is 1. The molecule has 2 N–H and O–H groups in total. The van der Waals surface area contributed by atoms with Crippen LogP contribution in [-0.2, 0) is 0 Å². The standard InChI is InChI=1S/C7H5N3O/c8-4-5-3-6(9)1-2-7(5)10-11/h1-3H,9H2. The van der Waals surface area contributed by atoms with Gasteiger partial charge in [-0.25, -0.2) is 0 Å². The zero-order valence-corrected chi connectivity index (χ0v) is 5.61. The predicted molar refractivity (Wildman–Crippen MR) is 41.0 cm³/mol. The van der Waals surface area contributed by atoms with Crippen molar-refractivity contribution in [2.24, 2.45) is 5.18 Å². The third-order valence-corrected chi connectivity index (χ3v) is 1.24. The number of nitrogens with zero attached hydrogens (tertiary/aromatic N) is 2. The molecule has 0 radical (unpaired) electrons. The minimum atomic E-state index is 0.127. The largest absolute Gasteiger partial charge is 0.399 e. The second-order valence-corrected chi connectivity index (χ2v) is 1.98. The minimum Gasteiger partial charge on any atom is -0.399 e. The molecule has 11 heavy (non-hydrogen) atoms. The highest BCUT2D eigenvalue weighted by Crippen LogP contribution is 2.19. The first kappa shape index (κ1) is 7.22. The van der Waals surface area contributed by atoms with Crippen LogP contribution in [0.4, 0.5) is 11.4 Å². The van der Waals surface area contributed by atoms with Gasteiger partial charge in [0.25, 0.3) is 0 Å². The Hall–Kier alpha value is -1.89. The fourth-order valence-electron chi connectivity index (χ4n) is 0.723. The molecule has 4 nitrogen and oxygen atoms in total. The monoisotopic (exact) mass is 147 g/mol. The molecular weight excluding hydrogens is 142 g/mol. The number of hydrogen-bond acceptors (Lipinski definition) is 4. The lowest BCUT2D eigenvalue weighted by Gasteiger charge is -1.94. The van der Waals surface area contributed by atoms with Crippen molar-refractivity contribution in [3.8, 4) is 6.07 Å². The summed E-state index contributed by atoms with van der Waals surface area (Å²) in [5.74, 6) is 0. The number of nitroso groups, excluding NO2 is 1. The van der Waals surface area contributed by atoms with Crippen LogP contribution in [0.15, 0.2) is 23.4 Å². The summed E-state index contributed by atoms with van der Waals surface area (Å²) in [6, 6.07) is 6.17. The summed E-state index contributed by atoms with van der Waals surface area (Å²) in [6.07, 6.45) is 0. The lowest BCUT2D eigenvalue weighted by atomic mass is 10.2. The first-order chi connectivity index (χ1) is 5.27. The van der Waals surface area contributed by atoms with Gasteiger partial charge >= 0.3 is 0 Å². The van der Waals surface area contributed by atoms with Crippen LogP contribution < -0.4 is 5.73 Å². The lowest BCUT2D eigenvalue weighted by molar-refractivity contribution is 1.43. The molecular formula is C7H5N3O. The molecule has 0 spiro atoms. The maximum atomic E-state index is 10.1. The van der Waals surface area contributed by atoms with Gasteiger partial charge in [0.1, 0.15) is 11.8 Å². The molecule has 0 aromatic heterocycles. The van der Waals surface area contributed by atoms with E-state index in [-0.39, 0.29) is 11.3 Å². The van der Waals surface area contributed by atoms with Crippen molar-refractivity contribution in [1.82, 2.24) is 0 Å². The topological polar surface area (TPSA) is 79.2 Å².